The first-order valence-electron chi connectivity index (χ1n) is 29.9. The third-order valence-corrected chi connectivity index (χ3v) is 12.9. The summed E-state index contributed by atoms with van der Waals surface area (Å²) >= 11 is 0. The fourth-order valence-electron chi connectivity index (χ4n) is 8.47. The second kappa shape index (κ2) is 58.4. The molecule has 0 radical (unpaired) electrons. The first-order valence-corrected chi connectivity index (χ1v) is 29.9. The summed E-state index contributed by atoms with van der Waals surface area (Å²) in [5.41, 5.74) is 0. The molecule has 1 unspecified atom stereocenters. The van der Waals surface area contributed by atoms with Gasteiger partial charge in [-0.2, -0.15) is 0 Å². The van der Waals surface area contributed by atoms with Gasteiger partial charge in [-0.05, 0) is 83.5 Å². The molecule has 6 nitrogen and oxygen atoms in total. The van der Waals surface area contributed by atoms with Gasteiger partial charge in [0.05, 0.1) is 0 Å². The minimum atomic E-state index is -0.779. The zero-order chi connectivity index (χ0) is 50.7. The van der Waals surface area contributed by atoms with Gasteiger partial charge >= 0.3 is 17.9 Å². The Labute approximate surface area is 433 Å². The average molecular weight is 978 g/mol. The summed E-state index contributed by atoms with van der Waals surface area (Å²) in [6.07, 6.45) is 74.7. The van der Waals surface area contributed by atoms with E-state index in [2.05, 4.69) is 93.7 Å². The molecule has 0 aromatic rings. The maximum Gasteiger partial charge on any atom is 0.306 e. The predicted molar refractivity (Wildman–Crippen MR) is 302 cm³/mol. The molecular weight excluding hydrogens is 865 g/mol. The maximum atomic E-state index is 12.8. The molecule has 0 aliphatic rings. The predicted octanol–water partition coefficient (Wildman–Crippen LogP) is 20.2. The van der Waals surface area contributed by atoms with Crippen LogP contribution in [0.1, 0.15) is 297 Å². The fraction of sp³-hybridized carbons (Fsp3) is 0.766. The van der Waals surface area contributed by atoms with Gasteiger partial charge in [0.2, 0.25) is 0 Å². The van der Waals surface area contributed by atoms with Crippen molar-refractivity contribution < 1.29 is 28.6 Å². The average Bonchev–Trinajstić information content (AvgIpc) is 3.36. The zero-order valence-corrected chi connectivity index (χ0v) is 46.3. The topological polar surface area (TPSA) is 78.9 Å². The summed E-state index contributed by atoms with van der Waals surface area (Å²) < 4.78 is 16.9. The van der Waals surface area contributed by atoms with E-state index in [1.165, 1.54) is 148 Å². The summed E-state index contributed by atoms with van der Waals surface area (Å²) in [6.45, 7) is 6.48. The van der Waals surface area contributed by atoms with Crippen LogP contribution in [0, 0.1) is 0 Å². The van der Waals surface area contributed by atoms with Gasteiger partial charge in [0.1, 0.15) is 13.2 Å². The smallest absolute Gasteiger partial charge is 0.306 e. The number of unbranched alkanes of at least 4 members (excludes halogenated alkanes) is 31. The van der Waals surface area contributed by atoms with Crippen molar-refractivity contribution in [3.8, 4) is 0 Å². The van der Waals surface area contributed by atoms with Crippen LogP contribution in [0.4, 0.5) is 0 Å². The lowest BCUT2D eigenvalue weighted by molar-refractivity contribution is -0.167. The highest BCUT2D eigenvalue weighted by molar-refractivity contribution is 5.71. The fourth-order valence-corrected chi connectivity index (χ4v) is 8.47. The van der Waals surface area contributed by atoms with Crippen molar-refractivity contribution in [2.45, 2.75) is 303 Å². The van der Waals surface area contributed by atoms with Crippen LogP contribution >= 0.6 is 0 Å². The third kappa shape index (κ3) is 55.8. The highest BCUT2D eigenvalue weighted by atomic mass is 16.6. The largest absolute Gasteiger partial charge is 0.462 e. The van der Waals surface area contributed by atoms with Gasteiger partial charge in [-0.3, -0.25) is 14.4 Å². The Kier molecular flexibility index (Phi) is 55.8. The second-order valence-corrected chi connectivity index (χ2v) is 19.9. The van der Waals surface area contributed by atoms with E-state index in [-0.39, 0.29) is 31.1 Å². The summed E-state index contributed by atoms with van der Waals surface area (Å²) in [4.78, 5) is 38.2. The number of hydrogen-bond donors (Lipinski definition) is 0. The number of allylic oxidation sites excluding steroid dienone is 12. The lowest BCUT2D eigenvalue weighted by atomic mass is 10.0. The molecule has 70 heavy (non-hydrogen) atoms. The van der Waals surface area contributed by atoms with E-state index in [4.69, 9.17) is 14.2 Å². The van der Waals surface area contributed by atoms with Crippen LogP contribution < -0.4 is 0 Å². The van der Waals surface area contributed by atoms with Crippen molar-refractivity contribution >= 4 is 17.9 Å². The molecule has 0 aromatic carbocycles. The van der Waals surface area contributed by atoms with Crippen molar-refractivity contribution in [3.05, 3.63) is 72.9 Å². The molecule has 0 amide bonds. The molecule has 0 fully saturated rings. The normalized spacial score (nSPS) is 12.6. The Morgan fingerprint density at radius 2 is 0.586 bits per heavy atom. The minimum Gasteiger partial charge on any atom is -0.462 e. The Hall–Kier alpha value is -3.15. The van der Waals surface area contributed by atoms with Crippen LogP contribution in [0.15, 0.2) is 72.9 Å². The molecule has 1 atom stereocenters. The summed E-state index contributed by atoms with van der Waals surface area (Å²) in [6, 6.07) is 0. The molecule has 404 valence electrons. The Morgan fingerprint density at radius 3 is 0.929 bits per heavy atom. The van der Waals surface area contributed by atoms with E-state index in [0.717, 1.165) is 109 Å². The number of ether oxygens (including phenoxy) is 3. The van der Waals surface area contributed by atoms with Crippen molar-refractivity contribution in [1.82, 2.24) is 0 Å². The monoisotopic (exact) mass is 977 g/mol. The van der Waals surface area contributed by atoms with Crippen molar-refractivity contribution in [1.29, 1.82) is 0 Å². The van der Waals surface area contributed by atoms with E-state index in [9.17, 15) is 14.4 Å². The lowest BCUT2D eigenvalue weighted by Crippen LogP contribution is -2.30. The van der Waals surface area contributed by atoms with Gasteiger partial charge in [-0.1, -0.05) is 267 Å². The summed E-state index contributed by atoms with van der Waals surface area (Å²) in [7, 11) is 0. The summed E-state index contributed by atoms with van der Waals surface area (Å²) in [5, 5.41) is 0. The van der Waals surface area contributed by atoms with Gasteiger partial charge in [-0.25, -0.2) is 0 Å². The minimum absolute atomic E-state index is 0.0780. The Bertz CT molecular complexity index is 1310. The molecule has 0 bridgehead atoms. The number of carbonyl (C=O) groups excluding carboxylic acids is 3. The van der Waals surface area contributed by atoms with Crippen molar-refractivity contribution in [2.75, 3.05) is 13.2 Å². The van der Waals surface area contributed by atoms with E-state index >= 15 is 0 Å². The molecule has 0 heterocycles. The maximum absolute atomic E-state index is 12.8. The van der Waals surface area contributed by atoms with Gasteiger partial charge in [0.15, 0.2) is 6.10 Å². The van der Waals surface area contributed by atoms with Gasteiger partial charge in [0, 0.05) is 19.3 Å². The third-order valence-electron chi connectivity index (χ3n) is 12.9. The standard InChI is InChI=1S/C64H112O6/c1-4-7-10-13-16-19-22-25-27-28-29-30-31-32-33-34-35-36-37-40-42-45-48-51-54-57-63(66)69-60-61(59-68-62(65)56-53-50-47-44-41-38-24-21-18-15-12-9-6-3)70-64(67)58-55-52-49-46-43-39-26-23-20-17-14-11-8-5-2/h7,10,12,15-16,19,21,24-25,27,29-30,61H,4-6,8-9,11,13-14,17-18,20,22-23,26,28,31-60H2,1-3H3/b10-7-,15-12-,19-16-,24-21-,27-25-,30-29-. The molecule has 0 saturated heterocycles. The van der Waals surface area contributed by atoms with Crippen LogP contribution in [-0.4, -0.2) is 37.2 Å². The highest BCUT2D eigenvalue weighted by Gasteiger charge is 2.19. The number of esters is 3. The van der Waals surface area contributed by atoms with E-state index in [0.29, 0.717) is 19.3 Å². The molecule has 0 aliphatic heterocycles. The molecule has 0 aliphatic carbocycles. The van der Waals surface area contributed by atoms with Crippen molar-refractivity contribution in [3.63, 3.8) is 0 Å². The second-order valence-electron chi connectivity index (χ2n) is 19.9. The lowest BCUT2D eigenvalue weighted by Gasteiger charge is -2.18. The van der Waals surface area contributed by atoms with Gasteiger partial charge in [0.25, 0.3) is 0 Å². The van der Waals surface area contributed by atoms with Gasteiger partial charge < -0.3 is 14.2 Å². The number of rotatable bonds is 54. The molecule has 6 heteroatoms. The van der Waals surface area contributed by atoms with E-state index in [1.807, 2.05) is 0 Å². The first-order chi connectivity index (χ1) is 34.5. The molecule has 0 rings (SSSR count). The zero-order valence-electron chi connectivity index (χ0n) is 46.3. The van der Waals surface area contributed by atoms with Crippen LogP contribution in [0.3, 0.4) is 0 Å². The molecule has 0 spiro atoms. The van der Waals surface area contributed by atoms with Gasteiger partial charge in [-0.15, -0.1) is 0 Å². The van der Waals surface area contributed by atoms with Crippen LogP contribution in [0.5, 0.6) is 0 Å². The van der Waals surface area contributed by atoms with Crippen LogP contribution in [0.2, 0.25) is 0 Å². The highest BCUT2D eigenvalue weighted by Crippen LogP contribution is 2.16. The number of hydrogen-bond acceptors (Lipinski definition) is 6. The molecule has 0 N–H and O–H groups in total. The summed E-state index contributed by atoms with van der Waals surface area (Å²) in [5.74, 6) is -0.882. The molecular formula is C64H112O6. The Balaban J connectivity index is 4.27. The first kappa shape index (κ1) is 66.9. The van der Waals surface area contributed by atoms with E-state index < -0.39 is 6.10 Å². The number of carbonyl (C=O) groups is 3. The molecule has 0 saturated carbocycles. The molecule has 0 aromatic heterocycles. The van der Waals surface area contributed by atoms with Crippen LogP contribution in [0.25, 0.3) is 0 Å². The van der Waals surface area contributed by atoms with Crippen molar-refractivity contribution in [2.24, 2.45) is 0 Å². The van der Waals surface area contributed by atoms with E-state index in [1.54, 1.807) is 0 Å². The van der Waals surface area contributed by atoms with Crippen LogP contribution in [-0.2, 0) is 28.6 Å². The quantitative estimate of drug-likeness (QED) is 0.0261. The Morgan fingerprint density at radius 1 is 0.300 bits per heavy atom. The SMILES string of the molecule is CC/C=C\C/C=C\C/C=C\C/C=C\CCCCCCCCCCCCCCC(=O)OCC(COC(=O)CCCCCCC/C=C\C/C=C\CCC)OC(=O)CCCCCCCCCCCCCCCC.